The maximum Gasteiger partial charge on any atom is 0.317 e. The third kappa shape index (κ3) is 3.67. The molecule has 0 aliphatic heterocycles. The van der Waals surface area contributed by atoms with Gasteiger partial charge in [0, 0.05) is 11.9 Å². The molecule has 5 nitrogen and oxygen atoms in total. The molecule has 96 valence electrons. The minimum atomic E-state index is -0.197. The number of urea groups is 1. The van der Waals surface area contributed by atoms with Crippen molar-refractivity contribution < 1.29 is 9.90 Å². The topological polar surface area (TPSA) is 65.5 Å². The van der Waals surface area contributed by atoms with Crippen LogP contribution in [-0.2, 0) is 6.54 Å². The second-order valence-corrected chi connectivity index (χ2v) is 5.34. The molecular formula is C11H19N3O2S. The lowest BCUT2D eigenvalue weighted by Crippen LogP contribution is -2.43. The van der Waals surface area contributed by atoms with Gasteiger partial charge in [-0.15, -0.1) is 11.3 Å². The number of thiazole rings is 1. The predicted octanol–water partition coefficient (Wildman–Crippen LogP) is 1.28. The van der Waals surface area contributed by atoms with Gasteiger partial charge in [-0.05, 0) is 20.8 Å². The number of rotatable bonds is 4. The van der Waals surface area contributed by atoms with E-state index in [2.05, 4.69) is 10.3 Å². The molecule has 2 N–H and O–H groups in total. The number of aliphatic hydroxyl groups is 1. The Morgan fingerprint density at radius 2 is 2.24 bits per heavy atom. The van der Waals surface area contributed by atoms with E-state index in [9.17, 15) is 4.79 Å². The quantitative estimate of drug-likeness (QED) is 0.854. The molecule has 0 saturated carbocycles. The van der Waals surface area contributed by atoms with E-state index in [0.29, 0.717) is 6.54 Å². The lowest BCUT2D eigenvalue weighted by atomic mass is 10.3. The van der Waals surface area contributed by atoms with Crippen LogP contribution in [0, 0.1) is 13.8 Å². The SMILES string of the molecule is Cc1nc(CNC(=O)N(C)C(C)CO)sc1C. The number of amides is 2. The molecule has 0 spiro atoms. The fourth-order valence-corrected chi connectivity index (χ4v) is 2.09. The van der Waals surface area contributed by atoms with E-state index in [1.165, 1.54) is 9.78 Å². The molecule has 1 aromatic rings. The largest absolute Gasteiger partial charge is 0.394 e. The van der Waals surface area contributed by atoms with Crippen molar-refractivity contribution in [2.75, 3.05) is 13.7 Å². The first-order chi connectivity index (χ1) is 7.95. The maximum atomic E-state index is 11.7. The van der Waals surface area contributed by atoms with E-state index >= 15 is 0 Å². The molecule has 1 heterocycles. The predicted molar refractivity (Wildman–Crippen MR) is 68.1 cm³/mol. The molecule has 0 bridgehead atoms. The number of carbonyl (C=O) groups excluding carboxylic acids is 1. The van der Waals surface area contributed by atoms with Gasteiger partial charge in [-0.25, -0.2) is 9.78 Å². The lowest BCUT2D eigenvalue weighted by molar-refractivity contribution is 0.157. The molecule has 0 aromatic carbocycles. The summed E-state index contributed by atoms with van der Waals surface area (Å²) in [5.41, 5.74) is 1.01. The molecule has 1 atom stereocenters. The Labute approximate surface area is 105 Å². The van der Waals surface area contributed by atoms with E-state index in [1.54, 1.807) is 25.3 Å². The van der Waals surface area contributed by atoms with Gasteiger partial charge in [0.2, 0.25) is 0 Å². The van der Waals surface area contributed by atoms with E-state index in [0.717, 1.165) is 10.7 Å². The zero-order valence-electron chi connectivity index (χ0n) is 10.6. The van der Waals surface area contributed by atoms with Gasteiger partial charge < -0.3 is 15.3 Å². The molecule has 0 aliphatic carbocycles. The molecular weight excluding hydrogens is 238 g/mol. The van der Waals surface area contributed by atoms with Crippen LogP contribution in [0.25, 0.3) is 0 Å². The Kier molecular flexibility index (Phi) is 4.89. The van der Waals surface area contributed by atoms with Crippen molar-refractivity contribution in [3.05, 3.63) is 15.6 Å². The zero-order chi connectivity index (χ0) is 13.0. The molecule has 0 saturated heterocycles. The van der Waals surface area contributed by atoms with Gasteiger partial charge in [0.25, 0.3) is 0 Å². The van der Waals surface area contributed by atoms with Crippen molar-refractivity contribution in [2.24, 2.45) is 0 Å². The van der Waals surface area contributed by atoms with Crippen molar-refractivity contribution in [2.45, 2.75) is 33.4 Å². The maximum absolute atomic E-state index is 11.7. The number of carbonyl (C=O) groups is 1. The fourth-order valence-electron chi connectivity index (χ4n) is 1.21. The average molecular weight is 257 g/mol. The van der Waals surface area contributed by atoms with Crippen LogP contribution in [0.4, 0.5) is 4.79 Å². The highest BCUT2D eigenvalue weighted by Crippen LogP contribution is 2.15. The van der Waals surface area contributed by atoms with Crippen molar-refractivity contribution in [1.82, 2.24) is 15.2 Å². The van der Waals surface area contributed by atoms with Gasteiger partial charge in [0.1, 0.15) is 5.01 Å². The highest BCUT2D eigenvalue weighted by atomic mass is 32.1. The normalized spacial score (nSPS) is 12.3. The summed E-state index contributed by atoms with van der Waals surface area (Å²) in [5.74, 6) is 0. The molecule has 2 amide bonds. The first kappa shape index (κ1) is 13.9. The zero-order valence-corrected chi connectivity index (χ0v) is 11.5. The molecule has 1 rings (SSSR count). The monoisotopic (exact) mass is 257 g/mol. The Bertz CT molecular complexity index is 373. The minimum Gasteiger partial charge on any atom is -0.394 e. The van der Waals surface area contributed by atoms with E-state index in [-0.39, 0.29) is 18.7 Å². The second kappa shape index (κ2) is 5.97. The van der Waals surface area contributed by atoms with E-state index < -0.39 is 0 Å². The first-order valence-electron chi connectivity index (χ1n) is 5.50. The molecule has 17 heavy (non-hydrogen) atoms. The standard InChI is InChI=1S/C11H19N3O2S/c1-7(6-15)14(4)11(16)12-5-10-13-8(2)9(3)17-10/h7,15H,5-6H2,1-4H3,(H,12,16). The molecule has 6 heteroatoms. The van der Waals surface area contributed by atoms with Crippen LogP contribution in [0.1, 0.15) is 22.5 Å². The van der Waals surface area contributed by atoms with Gasteiger partial charge >= 0.3 is 6.03 Å². The number of nitrogens with zero attached hydrogens (tertiary/aromatic N) is 2. The Morgan fingerprint density at radius 1 is 1.59 bits per heavy atom. The summed E-state index contributed by atoms with van der Waals surface area (Å²) in [7, 11) is 1.66. The Morgan fingerprint density at radius 3 is 2.71 bits per heavy atom. The van der Waals surface area contributed by atoms with Gasteiger partial charge in [-0.2, -0.15) is 0 Å². The molecule has 0 fully saturated rings. The fraction of sp³-hybridized carbons (Fsp3) is 0.636. The molecule has 1 aromatic heterocycles. The highest BCUT2D eigenvalue weighted by molar-refractivity contribution is 7.11. The van der Waals surface area contributed by atoms with Crippen molar-refractivity contribution in [1.29, 1.82) is 0 Å². The number of nitrogens with one attached hydrogen (secondary N) is 1. The number of aryl methyl sites for hydroxylation is 2. The number of aliphatic hydroxyl groups excluding tert-OH is 1. The van der Waals surface area contributed by atoms with E-state index in [1.807, 2.05) is 13.8 Å². The smallest absolute Gasteiger partial charge is 0.317 e. The van der Waals surface area contributed by atoms with Crippen LogP contribution < -0.4 is 5.32 Å². The lowest BCUT2D eigenvalue weighted by Gasteiger charge is -2.23. The Hall–Kier alpha value is -1.14. The highest BCUT2D eigenvalue weighted by Gasteiger charge is 2.14. The third-order valence-electron chi connectivity index (χ3n) is 2.71. The molecule has 0 aliphatic rings. The van der Waals surface area contributed by atoms with Crippen LogP contribution in [0.2, 0.25) is 0 Å². The van der Waals surface area contributed by atoms with Crippen LogP contribution in [0.15, 0.2) is 0 Å². The van der Waals surface area contributed by atoms with Gasteiger partial charge in [-0.3, -0.25) is 0 Å². The van der Waals surface area contributed by atoms with E-state index in [4.69, 9.17) is 5.11 Å². The van der Waals surface area contributed by atoms with Crippen LogP contribution in [-0.4, -0.2) is 40.7 Å². The second-order valence-electron chi connectivity index (χ2n) is 4.05. The molecule has 0 radical (unpaired) electrons. The summed E-state index contributed by atoms with van der Waals surface area (Å²) < 4.78 is 0. The van der Waals surface area contributed by atoms with Gasteiger partial charge in [0.15, 0.2) is 0 Å². The number of hydrogen-bond acceptors (Lipinski definition) is 4. The summed E-state index contributed by atoms with van der Waals surface area (Å²) in [6, 6.07) is -0.383. The number of hydrogen-bond donors (Lipinski definition) is 2. The summed E-state index contributed by atoms with van der Waals surface area (Å²) in [5, 5.41) is 12.6. The van der Waals surface area contributed by atoms with Crippen molar-refractivity contribution in [3.63, 3.8) is 0 Å². The first-order valence-corrected chi connectivity index (χ1v) is 6.31. The van der Waals surface area contributed by atoms with Crippen LogP contribution >= 0.6 is 11.3 Å². The van der Waals surface area contributed by atoms with Crippen molar-refractivity contribution >= 4 is 17.4 Å². The van der Waals surface area contributed by atoms with Crippen molar-refractivity contribution in [3.8, 4) is 0 Å². The summed E-state index contributed by atoms with van der Waals surface area (Å²) >= 11 is 1.59. The summed E-state index contributed by atoms with van der Waals surface area (Å²) in [4.78, 5) is 18.7. The molecule has 1 unspecified atom stereocenters. The number of aromatic nitrogens is 1. The summed E-state index contributed by atoms with van der Waals surface area (Å²) in [6.07, 6.45) is 0. The average Bonchev–Trinajstić information content (AvgIpc) is 2.63. The van der Waals surface area contributed by atoms with Gasteiger partial charge in [0.05, 0.1) is 24.9 Å². The minimum absolute atomic E-state index is 0.0423. The van der Waals surface area contributed by atoms with Crippen LogP contribution in [0.3, 0.4) is 0 Å². The third-order valence-corrected chi connectivity index (χ3v) is 3.78. The number of likely N-dealkylation sites (N-methyl/N-ethyl adjacent to an activating group) is 1. The van der Waals surface area contributed by atoms with Crippen LogP contribution in [0.5, 0.6) is 0 Å². The Balaban J connectivity index is 2.48. The summed E-state index contributed by atoms with van der Waals surface area (Å²) in [6.45, 7) is 6.15. The van der Waals surface area contributed by atoms with Gasteiger partial charge in [-0.1, -0.05) is 0 Å².